The van der Waals surface area contributed by atoms with Crippen LogP contribution in [0.1, 0.15) is 51.5 Å². The van der Waals surface area contributed by atoms with Crippen LogP contribution in [0, 0.1) is 0 Å². The molecule has 0 saturated carbocycles. The Bertz CT molecular complexity index is 493. The van der Waals surface area contributed by atoms with Crippen LogP contribution in [0.3, 0.4) is 0 Å². The van der Waals surface area contributed by atoms with Gasteiger partial charge in [-0.3, -0.25) is 0 Å². The van der Waals surface area contributed by atoms with Gasteiger partial charge >= 0.3 is 0 Å². The Morgan fingerprint density at radius 2 is 1.88 bits per heavy atom. The summed E-state index contributed by atoms with van der Waals surface area (Å²) in [6, 6.07) is 11.4. The van der Waals surface area contributed by atoms with Gasteiger partial charge in [0.1, 0.15) is 0 Å². The number of rotatable bonds is 13. The molecule has 0 saturated heterocycles. The molecule has 25 heavy (non-hydrogen) atoms. The van der Waals surface area contributed by atoms with E-state index in [1.54, 1.807) is 0 Å². The zero-order chi connectivity index (χ0) is 18.3. The number of nitrogens with one attached hydrogen (secondary N) is 1. The van der Waals surface area contributed by atoms with E-state index in [1.165, 1.54) is 11.1 Å². The number of hydrogen-bond donors (Lipinski definition) is 3. The molecule has 0 heterocycles. The molecule has 0 spiro atoms. The monoisotopic (exact) mass is 343 g/mol. The maximum atomic E-state index is 6.20. The highest BCUT2D eigenvalue weighted by molar-refractivity contribution is 5.17. The maximum absolute atomic E-state index is 6.20. The molecule has 3 nitrogen and oxygen atoms in total. The first-order chi connectivity index (χ1) is 12.2. The van der Waals surface area contributed by atoms with Crippen LogP contribution in [0.25, 0.3) is 0 Å². The van der Waals surface area contributed by atoms with Crippen molar-refractivity contribution >= 4 is 0 Å². The molecule has 1 aromatic carbocycles. The van der Waals surface area contributed by atoms with Crippen LogP contribution in [0.15, 0.2) is 54.1 Å². The van der Waals surface area contributed by atoms with E-state index in [0.29, 0.717) is 6.04 Å². The second-order valence-electron chi connectivity index (χ2n) is 6.72. The Hall–Kier alpha value is -1.42. The fraction of sp³-hybridized carbons (Fsp3) is 0.545. The number of allylic oxidation sites excluding steroid dienone is 4. The van der Waals surface area contributed by atoms with Crippen molar-refractivity contribution in [2.45, 2.75) is 64.5 Å². The third-order valence-corrected chi connectivity index (χ3v) is 4.61. The van der Waals surface area contributed by atoms with Gasteiger partial charge < -0.3 is 16.8 Å². The molecule has 0 amide bonds. The van der Waals surface area contributed by atoms with E-state index in [1.807, 2.05) is 0 Å². The second-order valence-corrected chi connectivity index (χ2v) is 6.72. The number of nitrogens with two attached hydrogens (primary N) is 2. The molecule has 0 aliphatic heterocycles. The third kappa shape index (κ3) is 10.2. The first-order valence-corrected chi connectivity index (χ1v) is 9.70. The van der Waals surface area contributed by atoms with Crippen molar-refractivity contribution in [3.8, 4) is 0 Å². The van der Waals surface area contributed by atoms with Crippen LogP contribution in [0.4, 0.5) is 0 Å². The predicted octanol–water partition coefficient (Wildman–Crippen LogP) is 3.95. The Labute approximate surface area is 154 Å². The maximum Gasteiger partial charge on any atom is 0.0165 e. The number of aryl methyl sites for hydroxylation is 1. The molecule has 3 heteroatoms. The highest BCUT2D eigenvalue weighted by Gasteiger charge is 2.11. The van der Waals surface area contributed by atoms with Gasteiger partial charge in [0.05, 0.1) is 0 Å². The van der Waals surface area contributed by atoms with E-state index >= 15 is 0 Å². The van der Waals surface area contributed by atoms with Gasteiger partial charge in [-0.05, 0) is 64.5 Å². The quantitative estimate of drug-likeness (QED) is 0.475. The van der Waals surface area contributed by atoms with E-state index in [2.05, 4.69) is 67.7 Å². The molecule has 1 unspecified atom stereocenters. The lowest BCUT2D eigenvalue weighted by Gasteiger charge is -2.22. The van der Waals surface area contributed by atoms with E-state index in [-0.39, 0.29) is 6.04 Å². The van der Waals surface area contributed by atoms with Gasteiger partial charge in [-0.2, -0.15) is 0 Å². The molecule has 0 radical (unpaired) electrons. The fourth-order valence-corrected chi connectivity index (χ4v) is 3.01. The zero-order valence-corrected chi connectivity index (χ0v) is 16.1. The Kier molecular flexibility index (Phi) is 12.0. The van der Waals surface area contributed by atoms with Crippen LogP contribution in [0.5, 0.6) is 0 Å². The lowest BCUT2D eigenvalue weighted by molar-refractivity contribution is 0.422. The second kappa shape index (κ2) is 13.8. The third-order valence-electron chi connectivity index (χ3n) is 4.61. The average molecular weight is 344 g/mol. The van der Waals surface area contributed by atoms with Crippen LogP contribution in [-0.4, -0.2) is 25.2 Å². The Morgan fingerprint density at radius 1 is 1.12 bits per heavy atom. The van der Waals surface area contributed by atoms with Gasteiger partial charge in [0.2, 0.25) is 0 Å². The van der Waals surface area contributed by atoms with E-state index in [9.17, 15) is 0 Å². The highest BCUT2D eigenvalue weighted by atomic mass is 14.9. The van der Waals surface area contributed by atoms with Crippen LogP contribution >= 0.6 is 0 Å². The topological polar surface area (TPSA) is 64.1 Å². The van der Waals surface area contributed by atoms with Gasteiger partial charge in [0.25, 0.3) is 0 Å². The normalized spacial score (nSPS) is 14.8. The molecular formula is C22H37N3. The van der Waals surface area contributed by atoms with Crippen LogP contribution < -0.4 is 16.8 Å². The predicted molar refractivity (Wildman–Crippen MR) is 111 cm³/mol. The molecule has 0 aliphatic rings. The first-order valence-electron chi connectivity index (χ1n) is 9.70. The molecule has 140 valence electrons. The van der Waals surface area contributed by atoms with Gasteiger partial charge in [0.15, 0.2) is 0 Å². The van der Waals surface area contributed by atoms with Crippen LogP contribution in [0.2, 0.25) is 0 Å². The Balaban J connectivity index is 2.52. The van der Waals surface area contributed by atoms with Crippen molar-refractivity contribution in [3.05, 3.63) is 59.7 Å². The molecule has 2 atom stereocenters. The van der Waals surface area contributed by atoms with Crippen molar-refractivity contribution in [2.24, 2.45) is 11.5 Å². The SMILES string of the molecule is C/C=C\C(=C/C)CCC(CCc1ccccc1)NC[C@@H](N)CCCN. The summed E-state index contributed by atoms with van der Waals surface area (Å²) in [4.78, 5) is 0. The van der Waals surface area contributed by atoms with Gasteiger partial charge in [-0.25, -0.2) is 0 Å². The summed E-state index contributed by atoms with van der Waals surface area (Å²) in [5.74, 6) is 0. The fourth-order valence-electron chi connectivity index (χ4n) is 3.01. The highest BCUT2D eigenvalue weighted by Crippen LogP contribution is 2.14. The molecule has 1 aromatic rings. The van der Waals surface area contributed by atoms with E-state index in [4.69, 9.17) is 11.5 Å². The number of hydrogen-bond acceptors (Lipinski definition) is 3. The minimum atomic E-state index is 0.194. The van der Waals surface area contributed by atoms with E-state index < -0.39 is 0 Å². The van der Waals surface area contributed by atoms with Crippen molar-refractivity contribution in [1.82, 2.24) is 5.32 Å². The molecular weight excluding hydrogens is 306 g/mol. The van der Waals surface area contributed by atoms with Crippen molar-refractivity contribution < 1.29 is 0 Å². The van der Waals surface area contributed by atoms with Crippen molar-refractivity contribution in [1.29, 1.82) is 0 Å². The Morgan fingerprint density at radius 3 is 2.52 bits per heavy atom. The summed E-state index contributed by atoms with van der Waals surface area (Å²) in [5, 5.41) is 3.70. The minimum Gasteiger partial charge on any atom is -0.330 e. The lowest BCUT2D eigenvalue weighted by atomic mass is 9.98. The van der Waals surface area contributed by atoms with Crippen LogP contribution in [-0.2, 0) is 6.42 Å². The summed E-state index contributed by atoms with van der Waals surface area (Å²) in [5.41, 5.74) is 14.6. The van der Waals surface area contributed by atoms with Crippen molar-refractivity contribution in [3.63, 3.8) is 0 Å². The molecule has 0 aromatic heterocycles. The van der Waals surface area contributed by atoms with Gasteiger partial charge in [-0.15, -0.1) is 0 Å². The minimum absolute atomic E-state index is 0.194. The summed E-state index contributed by atoms with van der Waals surface area (Å²) in [6.07, 6.45) is 13.0. The average Bonchev–Trinajstić information content (AvgIpc) is 2.65. The lowest BCUT2D eigenvalue weighted by Crippen LogP contribution is -2.40. The number of benzene rings is 1. The summed E-state index contributed by atoms with van der Waals surface area (Å²) >= 11 is 0. The van der Waals surface area contributed by atoms with Crippen molar-refractivity contribution in [2.75, 3.05) is 13.1 Å². The van der Waals surface area contributed by atoms with Gasteiger partial charge in [0, 0.05) is 18.6 Å². The zero-order valence-electron chi connectivity index (χ0n) is 16.1. The van der Waals surface area contributed by atoms with Gasteiger partial charge in [-0.1, -0.05) is 54.1 Å². The van der Waals surface area contributed by atoms with E-state index in [0.717, 1.165) is 51.6 Å². The summed E-state index contributed by atoms with van der Waals surface area (Å²) in [6.45, 7) is 5.78. The molecule has 5 N–H and O–H groups in total. The molecule has 1 rings (SSSR count). The molecule has 0 bridgehead atoms. The largest absolute Gasteiger partial charge is 0.330 e. The smallest absolute Gasteiger partial charge is 0.0165 e. The molecule has 0 fully saturated rings. The summed E-state index contributed by atoms with van der Waals surface area (Å²) in [7, 11) is 0. The summed E-state index contributed by atoms with van der Waals surface area (Å²) < 4.78 is 0. The molecule has 0 aliphatic carbocycles. The first kappa shape index (κ1) is 21.6. The standard InChI is InChI=1S/C22H37N3/c1-3-9-19(4-2)13-15-22(25-18-21(24)12-8-17-23)16-14-20-10-6-5-7-11-20/h3-7,9-11,21-22,25H,8,12-18,23-24H2,1-2H3/b9-3-,19-4+/t21-,22?/m0/s1.